The summed E-state index contributed by atoms with van der Waals surface area (Å²) in [5.41, 5.74) is 7.06. The lowest BCUT2D eigenvalue weighted by atomic mass is 10.1. The molecule has 4 nitrogen and oxygen atoms in total. The van der Waals surface area contributed by atoms with Crippen molar-refractivity contribution in [3.63, 3.8) is 0 Å². The summed E-state index contributed by atoms with van der Waals surface area (Å²) in [5.74, 6) is 0.761. The van der Waals surface area contributed by atoms with Crippen LogP contribution in [0.25, 0.3) is 0 Å². The molecule has 3 aromatic carbocycles. The van der Waals surface area contributed by atoms with Crippen molar-refractivity contribution in [2.45, 2.75) is 26.8 Å². The lowest BCUT2D eigenvalue weighted by Gasteiger charge is -2.19. The Labute approximate surface area is 178 Å². The van der Waals surface area contributed by atoms with Gasteiger partial charge < -0.3 is 15.0 Å². The molecule has 1 aliphatic heterocycles. The van der Waals surface area contributed by atoms with Gasteiger partial charge in [-0.1, -0.05) is 36.4 Å². The van der Waals surface area contributed by atoms with E-state index in [0.717, 1.165) is 25.3 Å². The molecule has 0 bridgehead atoms. The van der Waals surface area contributed by atoms with Crippen LogP contribution >= 0.6 is 0 Å². The molecule has 30 heavy (non-hydrogen) atoms. The molecule has 0 saturated carbocycles. The van der Waals surface area contributed by atoms with Crippen LogP contribution in [-0.4, -0.2) is 25.6 Å². The van der Waals surface area contributed by atoms with E-state index in [4.69, 9.17) is 4.74 Å². The van der Waals surface area contributed by atoms with E-state index in [-0.39, 0.29) is 5.91 Å². The molecule has 3 aromatic rings. The van der Waals surface area contributed by atoms with Crippen molar-refractivity contribution in [1.29, 1.82) is 0 Å². The van der Waals surface area contributed by atoms with Crippen LogP contribution in [0.4, 0.5) is 5.69 Å². The number of para-hydroxylation sites is 1. The maximum Gasteiger partial charge on any atom is 0.251 e. The van der Waals surface area contributed by atoms with Crippen LogP contribution in [0, 0.1) is 13.8 Å². The van der Waals surface area contributed by atoms with E-state index in [2.05, 4.69) is 48.3 Å². The average molecular weight is 401 g/mol. The van der Waals surface area contributed by atoms with Crippen LogP contribution in [0.1, 0.15) is 32.6 Å². The van der Waals surface area contributed by atoms with Crippen molar-refractivity contribution in [3.05, 3.63) is 94.5 Å². The van der Waals surface area contributed by atoms with Crippen molar-refractivity contribution < 1.29 is 9.53 Å². The van der Waals surface area contributed by atoms with E-state index < -0.39 is 0 Å². The third-order valence-electron chi connectivity index (χ3n) is 5.71. The van der Waals surface area contributed by atoms with Gasteiger partial charge in [0.1, 0.15) is 12.4 Å². The van der Waals surface area contributed by atoms with Crippen LogP contribution < -0.4 is 15.0 Å². The molecule has 0 fully saturated rings. The molecular weight excluding hydrogens is 372 g/mol. The Hall–Kier alpha value is -3.27. The molecular formula is C26H28N2O2. The smallest absolute Gasteiger partial charge is 0.251 e. The van der Waals surface area contributed by atoms with Gasteiger partial charge in [0.05, 0.1) is 6.54 Å². The minimum atomic E-state index is -0.0724. The Morgan fingerprint density at radius 2 is 1.80 bits per heavy atom. The Balaban J connectivity index is 1.25. The molecule has 1 N–H and O–H groups in total. The summed E-state index contributed by atoms with van der Waals surface area (Å²) in [4.78, 5) is 14.8. The predicted octanol–water partition coefficient (Wildman–Crippen LogP) is 4.67. The highest BCUT2D eigenvalue weighted by Crippen LogP contribution is 2.28. The summed E-state index contributed by atoms with van der Waals surface area (Å²) in [6, 6.07) is 22.5. The van der Waals surface area contributed by atoms with E-state index in [1.54, 1.807) is 0 Å². The Kier molecular flexibility index (Phi) is 6.03. The van der Waals surface area contributed by atoms with Gasteiger partial charge in [0.2, 0.25) is 0 Å². The summed E-state index contributed by atoms with van der Waals surface area (Å²) < 4.78 is 5.73. The lowest BCUT2D eigenvalue weighted by Crippen LogP contribution is -2.28. The van der Waals surface area contributed by atoms with Gasteiger partial charge in [0.25, 0.3) is 5.91 Å². The first-order valence-electron chi connectivity index (χ1n) is 10.5. The normalized spacial score (nSPS) is 12.5. The first kappa shape index (κ1) is 20.0. The lowest BCUT2D eigenvalue weighted by molar-refractivity contribution is 0.0947. The molecule has 4 rings (SSSR count). The number of rotatable bonds is 7. The SMILES string of the molecule is Cc1ccc(OCCNC(=O)c2ccc(CN3CCc4ccccc43)cc2)cc1C. The Bertz CT molecular complexity index is 1030. The molecule has 1 amide bonds. The zero-order chi connectivity index (χ0) is 20.9. The molecule has 1 heterocycles. The van der Waals surface area contributed by atoms with E-state index in [1.165, 1.54) is 27.9 Å². The maximum absolute atomic E-state index is 12.4. The second-order valence-electron chi connectivity index (χ2n) is 7.85. The van der Waals surface area contributed by atoms with E-state index in [1.807, 2.05) is 42.5 Å². The van der Waals surface area contributed by atoms with Gasteiger partial charge >= 0.3 is 0 Å². The number of ether oxygens (including phenoxy) is 1. The third kappa shape index (κ3) is 4.65. The van der Waals surface area contributed by atoms with Crippen LogP contribution in [0.3, 0.4) is 0 Å². The zero-order valence-corrected chi connectivity index (χ0v) is 17.7. The van der Waals surface area contributed by atoms with Gasteiger partial charge in [-0.05, 0) is 72.9 Å². The molecule has 0 spiro atoms. The maximum atomic E-state index is 12.4. The fourth-order valence-corrected chi connectivity index (χ4v) is 3.79. The number of aryl methyl sites for hydroxylation is 2. The van der Waals surface area contributed by atoms with E-state index in [9.17, 15) is 4.79 Å². The molecule has 0 unspecified atom stereocenters. The summed E-state index contributed by atoms with van der Waals surface area (Å²) in [6.45, 7) is 6.97. The second-order valence-corrected chi connectivity index (χ2v) is 7.85. The van der Waals surface area contributed by atoms with Crippen LogP contribution in [0.5, 0.6) is 5.75 Å². The molecule has 154 valence electrons. The average Bonchev–Trinajstić information content (AvgIpc) is 3.17. The second kappa shape index (κ2) is 9.04. The first-order valence-corrected chi connectivity index (χ1v) is 10.5. The highest BCUT2D eigenvalue weighted by Gasteiger charge is 2.18. The number of fused-ring (bicyclic) bond motifs is 1. The fraction of sp³-hybridized carbons (Fsp3) is 0.269. The van der Waals surface area contributed by atoms with Crippen molar-refractivity contribution in [1.82, 2.24) is 5.32 Å². The Morgan fingerprint density at radius 3 is 2.60 bits per heavy atom. The quantitative estimate of drug-likeness (QED) is 0.586. The van der Waals surface area contributed by atoms with Gasteiger partial charge in [-0.2, -0.15) is 0 Å². The Morgan fingerprint density at radius 1 is 1.00 bits per heavy atom. The molecule has 1 aliphatic rings. The van der Waals surface area contributed by atoms with Crippen LogP contribution in [0.15, 0.2) is 66.7 Å². The van der Waals surface area contributed by atoms with Gasteiger partial charge in [0.15, 0.2) is 0 Å². The predicted molar refractivity (Wildman–Crippen MR) is 121 cm³/mol. The standard InChI is InChI=1S/C26H28N2O2/c1-19-7-12-24(17-20(19)2)30-16-14-27-26(29)23-10-8-21(9-11-23)18-28-15-13-22-5-3-4-6-25(22)28/h3-12,17H,13-16,18H2,1-2H3,(H,27,29). The summed E-state index contributed by atoms with van der Waals surface area (Å²) in [5, 5.41) is 2.93. The van der Waals surface area contributed by atoms with Crippen LogP contribution in [0.2, 0.25) is 0 Å². The van der Waals surface area contributed by atoms with Gasteiger partial charge in [-0.3, -0.25) is 4.79 Å². The van der Waals surface area contributed by atoms with Crippen molar-refractivity contribution in [2.24, 2.45) is 0 Å². The van der Waals surface area contributed by atoms with Gasteiger partial charge in [-0.25, -0.2) is 0 Å². The summed E-state index contributed by atoms with van der Waals surface area (Å²) >= 11 is 0. The number of benzene rings is 3. The molecule has 0 atom stereocenters. The van der Waals surface area contributed by atoms with Crippen molar-refractivity contribution in [2.75, 3.05) is 24.6 Å². The first-order chi connectivity index (χ1) is 14.6. The van der Waals surface area contributed by atoms with Crippen LogP contribution in [-0.2, 0) is 13.0 Å². The van der Waals surface area contributed by atoms with Crippen molar-refractivity contribution in [3.8, 4) is 5.75 Å². The topological polar surface area (TPSA) is 41.6 Å². The molecule has 0 radical (unpaired) electrons. The van der Waals surface area contributed by atoms with E-state index in [0.29, 0.717) is 18.7 Å². The molecule has 0 aliphatic carbocycles. The summed E-state index contributed by atoms with van der Waals surface area (Å²) in [7, 11) is 0. The zero-order valence-electron chi connectivity index (χ0n) is 17.7. The molecule has 0 aromatic heterocycles. The number of carbonyl (C=O) groups is 1. The number of hydrogen-bond acceptors (Lipinski definition) is 3. The number of nitrogens with zero attached hydrogens (tertiary/aromatic N) is 1. The summed E-state index contributed by atoms with van der Waals surface area (Å²) in [6.07, 6.45) is 1.10. The van der Waals surface area contributed by atoms with Crippen molar-refractivity contribution >= 4 is 11.6 Å². The number of anilines is 1. The highest BCUT2D eigenvalue weighted by atomic mass is 16.5. The number of hydrogen-bond donors (Lipinski definition) is 1. The largest absolute Gasteiger partial charge is 0.492 e. The monoisotopic (exact) mass is 400 g/mol. The fourth-order valence-electron chi connectivity index (χ4n) is 3.79. The number of amides is 1. The van der Waals surface area contributed by atoms with Gasteiger partial charge in [0, 0.05) is 24.3 Å². The molecule has 0 saturated heterocycles. The molecule has 4 heteroatoms. The minimum Gasteiger partial charge on any atom is -0.492 e. The minimum absolute atomic E-state index is 0.0724. The number of nitrogens with one attached hydrogen (secondary N) is 1. The number of carbonyl (C=O) groups excluding carboxylic acids is 1. The van der Waals surface area contributed by atoms with Gasteiger partial charge in [-0.15, -0.1) is 0 Å². The highest BCUT2D eigenvalue weighted by molar-refractivity contribution is 5.94. The third-order valence-corrected chi connectivity index (χ3v) is 5.71. The van der Waals surface area contributed by atoms with E-state index >= 15 is 0 Å².